The van der Waals surface area contributed by atoms with Gasteiger partial charge in [0.25, 0.3) is 5.56 Å². The minimum absolute atomic E-state index is 0.0405. The van der Waals surface area contributed by atoms with Gasteiger partial charge >= 0.3 is 18.0 Å². The van der Waals surface area contributed by atoms with Gasteiger partial charge in [0.15, 0.2) is 0 Å². The number of carbonyl (C=O) groups is 1. The first kappa shape index (κ1) is 26.5. The van der Waals surface area contributed by atoms with Gasteiger partial charge < -0.3 is 19.1 Å². The maximum absolute atomic E-state index is 13.1. The molecule has 3 atom stereocenters. The highest BCUT2D eigenvalue weighted by molar-refractivity contribution is 5.67. The number of aromatic nitrogens is 2. The molecule has 0 aliphatic carbocycles. The van der Waals surface area contributed by atoms with Crippen molar-refractivity contribution in [2.75, 3.05) is 26.3 Å². The Morgan fingerprint density at radius 3 is 2.70 bits per heavy atom. The van der Waals surface area contributed by atoms with Crippen molar-refractivity contribution < 1.29 is 32.2 Å². The topological polar surface area (TPSA) is 103 Å². The Bertz CT molecular complexity index is 952. The fourth-order valence-corrected chi connectivity index (χ4v) is 3.43. The number of terminal acetylenes is 1. The molecule has 1 aliphatic rings. The Hall–Kier alpha value is -2.78. The minimum atomic E-state index is -4.96. The molecule has 0 bridgehead atoms. The predicted octanol–water partition coefficient (Wildman–Crippen LogP) is 2.51. The van der Waals surface area contributed by atoms with Crippen LogP contribution in [-0.2, 0) is 20.4 Å². The Morgan fingerprint density at radius 2 is 2.09 bits per heavy atom. The van der Waals surface area contributed by atoms with Crippen molar-refractivity contribution in [1.82, 2.24) is 14.5 Å². The molecule has 33 heavy (non-hydrogen) atoms. The minimum Gasteiger partial charge on any atom is -0.447 e. The van der Waals surface area contributed by atoms with Crippen LogP contribution < -0.4 is 11.2 Å². The summed E-state index contributed by atoms with van der Waals surface area (Å²) in [5.41, 5.74) is -4.15. The summed E-state index contributed by atoms with van der Waals surface area (Å²) in [5.74, 6) is 2.28. The lowest BCUT2D eigenvalue weighted by molar-refractivity contribution is -0.139. The number of hydrogen-bond donors (Lipinski definition) is 1. The van der Waals surface area contributed by atoms with Crippen molar-refractivity contribution >= 4 is 6.09 Å². The van der Waals surface area contributed by atoms with E-state index in [1.165, 1.54) is 4.90 Å². The van der Waals surface area contributed by atoms with Crippen LogP contribution in [0, 0.1) is 12.3 Å². The van der Waals surface area contributed by atoms with Gasteiger partial charge in [-0.15, -0.1) is 6.42 Å². The number of nitrogens with zero attached hydrogens (tertiary/aromatic N) is 2. The second-order valence-electron chi connectivity index (χ2n) is 7.49. The number of alkyl halides is 3. The molecule has 0 unspecified atom stereocenters. The Balaban J connectivity index is 2.15. The largest absolute Gasteiger partial charge is 0.447 e. The lowest BCUT2D eigenvalue weighted by atomic mass is 10.2. The van der Waals surface area contributed by atoms with Gasteiger partial charge in [-0.3, -0.25) is 14.3 Å². The lowest BCUT2D eigenvalue weighted by Crippen LogP contribution is -2.37. The van der Waals surface area contributed by atoms with Gasteiger partial charge in [0.2, 0.25) is 0 Å². The van der Waals surface area contributed by atoms with Gasteiger partial charge in [0.05, 0.1) is 6.10 Å². The van der Waals surface area contributed by atoms with E-state index >= 15 is 0 Å². The zero-order valence-corrected chi connectivity index (χ0v) is 18.5. The fourth-order valence-electron chi connectivity index (χ4n) is 3.43. The van der Waals surface area contributed by atoms with Crippen molar-refractivity contribution in [3.63, 3.8) is 0 Å². The third-order valence-corrected chi connectivity index (χ3v) is 5.19. The standard InChI is InChI=1S/C21H28F3N3O6/c1-4-7-8-9-26(6-3)20(30)32-13-16-15(31-10-5-2)11-17(33-16)27-12-14(21(22,23)24)18(28)25-19(27)29/h2,12,15-17H,4,6-11,13H2,1,3H3,(H,25,28,29)/t15-,16+,17+/m0/s1. The second kappa shape index (κ2) is 11.9. The summed E-state index contributed by atoms with van der Waals surface area (Å²) >= 11 is 0. The summed E-state index contributed by atoms with van der Waals surface area (Å²) in [6, 6.07) is 0. The number of ether oxygens (including phenoxy) is 3. The van der Waals surface area contributed by atoms with Crippen LogP contribution in [-0.4, -0.2) is 59.1 Å². The first-order valence-electron chi connectivity index (χ1n) is 10.7. The van der Waals surface area contributed by atoms with Gasteiger partial charge in [0.1, 0.15) is 31.1 Å². The molecule has 2 rings (SSSR count). The Labute approximate surface area is 188 Å². The number of carbonyl (C=O) groups excluding carboxylic acids is 1. The molecule has 1 aromatic rings. The van der Waals surface area contributed by atoms with Crippen LogP contribution in [0.2, 0.25) is 0 Å². The van der Waals surface area contributed by atoms with Crippen molar-refractivity contribution in [2.24, 2.45) is 0 Å². The van der Waals surface area contributed by atoms with Crippen molar-refractivity contribution in [1.29, 1.82) is 0 Å². The SMILES string of the molecule is C#CCO[C@H]1C[C@H](n2cc(C(F)(F)F)c(=O)[nH]c2=O)O[C@@H]1COC(=O)N(CC)CCCCC. The normalized spacial score (nSPS) is 20.4. The van der Waals surface area contributed by atoms with Crippen LogP contribution in [0.25, 0.3) is 0 Å². The quantitative estimate of drug-likeness (QED) is 0.412. The molecular formula is C21H28F3N3O6. The van der Waals surface area contributed by atoms with Crippen LogP contribution in [0.1, 0.15) is 51.3 Å². The highest BCUT2D eigenvalue weighted by Crippen LogP contribution is 2.32. The van der Waals surface area contributed by atoms with E-state index in [1.54, 1.807) is 4.98 Å². The third-order valence-electron chi connectivity index (χ3n) is 5.19. The van der Waals surface area contributed by atoms with E-state index in [9.17, 15) is 27.6 Å². The molecule has 2 heterocycles. The zero-order chi connectivity index (χ0) is 24.6. The number of aromatic amines is 1. The molecule has 0 spiro atoms. The van der Waals surface area contributed by atoms with Gasteiger partial charge in [-0.25, -0.2) is 9.59 Å². The van der Waals surface area contributed by atoms with E-state index in [0.29, 0.717) is 23.9 Å². The second-order valence-corrected chi connectivity index (χ2v) is 7.49. The molecule has 1 N–H and O–H groups in total. The average molecular weight is 475 g/mol. The summed E-state index contributed by atoms with van der Waals surface area (Å²) in [6.07, 6.45) is 0.0391. The van der Waals surface area contributed by atoms with E-state index in [0.717, 1.165) is 19.3 Å². The van der Waals surface area contributed by atoms with Crippen LogP contribution >= 0.6 is 0 Å². The smallest absolute Gasteiger partial charge is 0.423 e. The van der Waals surface area contributed by atoms with Crippen LogP contribution in [0.4, 0.5) is 18.0 Å². The van der Waals surface area contributed by atoms with Crippen molar-refractivity contribution in [2.45, 2.75) is 64.1 Å². The van der Waals surface area contributed by atoms with Crippen LogP contribution in [0.5, 0.6) is 0 Å². The summed E-state index contributed by atoms with van der Waals surface area (Å²) in [4.78, 5) is 39.3. The maximum Gasteiger partial charge on any atom is 0.423 e. The van der Waals surface area contributed by atoms with Gasteiger partial charge in [-0.05, 0) is 13.3 Å². The van der Waals surface area contributed by atoms with E-state index in [1.807, 2.05) is 13.8 Å². The summed E-state index contributed by atoms with van der Waals surface area (Å²) < 4.78 is 56.5. The summed E-state index contributed by atoms with van der Waals surface area (Å²) in [7, 11) is 0. The Kier molecular flexibility index (Phi) is 9.55. The number of H-pyrrole nitrogens is 1. The van der Waals surface area contributed by atoms with Crippen molar-refractivity contribution in [3.8, 4) is 12.3 Å². The average Bonchev–Trinajstić information content (AvgIpc) is 3.15. The molecule has 12 heteroatoms. The number of nitrogens with one attached hydrogen (secondary N) is 1. The van der Waals surface area contributed by atoms with Gasteiger partial charge in [-0.1, -0.05) is 25.7 Å². The van der Waals surface area contributed by atoms with E-state index < -0.39 is 47.5 Å². The van der Waals surface area contributed by atoms with Gasteiger partial charge in [-0.2, -0.15) is 13.2 Å². The molecule has 1 aromatic heterocycles. The molecule has 0 radical (unpaired) electrons. The Morgan fingerprint density at radius 1 is 1.36 bits per heavy atom. The van der Waals surface area contributed by atoms with Crippen LogP contribution in [0.15, 0.2) is 15.8 Å². The molecule has 0 aromatic carbocycles. The highest BCUT2D eigenvalue weighted by Gasteiger charge is 2.40. The van der Waals surface area contributed by atoms with E-state index in [2.05, 4.69) is 5.92 Å². The fraction of sp³-hybridized carbons (Fsp3) is 0.667. The number of halogens is 3. The summed E-state index contributed by atoms with van der Waals surface area (Å²) in [5, 5.41) is 0. The molecule has 1 fully saturated rings. The predicted molar refractivity (Wildman–Crippen MR) is 112 cm³/mol. The first-order valence-corrected chi connectivity index (χ1v) is 10.7. The number of rotatable bonds is 10. The van der Waals surface area contributed by atoms with Gasteiger partial charge in [0, 0.05) is 25.7 Å². The third kappa shape index (κ3) is 7.10. The van der Waals surface area contributed by atoms with Crippen LogP contribution in [0.3, 0.4) is 0 Å². The first-order chi connectivity index (χ1) is 15.6. The highest BCUT2D eigenvalue weighted by atomic mass is 19.4. The number of unbranched alkanes of at least 4 members (excludes halogenated alkanes) is 2. The molecule has 0 saturated carbocycles. The summed E-state index contributed by atoms with van der Waals surface area (Å²) in [6.45, 7) is 4.47. The molecule has 184 valence electrons. The monoisotopic (exact) mass is 475 g/mol. The zero-order valence-electron chi connectivity index (χ0n) is 18.5. The maximum atomic E-state index is 13.1. The number of amides is 1. The molecule has 1 aliphatic heterocycles. The molecular weight excluding hydrogens is 447 g/mol. The lowest BCUT2D eigenvalue weighted by Gasteiger charge is -2.23. The molecule has 1 amide bonds. The van der Waals surface area contributed by atoms with E-state index in [-0.39, 0.29) is 19.6 Å². The van der Waals surface area contributed by atoms with Crippen molar-refractivity contribution in [3.05, 3.63) is 32.6 Å². The number of hydrogen-bond acceptors (Lipinski definition) is 6. The molecule has 9 nitrogen and oxygen atoms in total. The molecule has 1 saturated heterocycles. The van der Waals surface area contributed by atoms with E-state index in [4.69, 9.17) is 20.6 Å².